The van der Waals surface area contributed by atoms with Gasteiger partial charge in [-0.2, -0.15) is 5.26 Å². The largest absolute Gasteiger partial charge is 0.496 e. The molecule has 17 heavy (non-hydrogen) atoms. The Hall–Kier alpha value is -1.34. The molecule has 2 unspecified atom stereocenters. The van der Waals surface area contributed by atoms with Crippen molar-refractivity contribution in [3.8, 4) is 11.8 Å². The molecular weight excluding hydrogens is 234 g/mol. The fourth-order valence-electron chi connectivity index (χ4n) is 1.44. The van der Waals surface area contributed by atoms with Crippen molar-refractivity contribution in [1.82, 2.24) is 0 Å². The minimum atomic E-state index is -0.927. The molecule has 1 rings (SSSR count). The van der Waals surface area contributed by atoms with Gasteiger partial charge in [-0.1, -0.05) is 13.8 Å². The molecule has 0 saturated carbocycles. The van der Waals surface area contributed by atoms with Crippen LogP contribution >= 0.6 is 0 Å². The number of hydrogen-bond donors (Lipinski definition) is 0. The van der Waals surface area contributed by atoms with E-state index >= 15 is 0 Å². The highest BCUT2D eigenvalue weighted by atomic mass is 32.2. The Kier molecular flexibility index (Phi) is 5.17. The second-order valence-corrected chi connectivity index (χ2v) is 5.74. The maximum atomic E-state index is 12.0. The molecule has 0 aliphatic heterocycles. The SMILES string of the molecule is CCC(C)S(=O)Cc1cc(C#N)ccc1OC. The number of benzene rings is 1. The first kappa shape index (κ1) is 13.7. The van der Waals surface area contributed by atoms with Crippen LogP contribution in [0.2, 0.25) is 0 Å². The molecule has 0 N–H and O–H groups in total. The molecule has 0 saturated heterocycles. The molecule has 3 nitrogen and oxygen atoms in total. The molecule has 0 bridgehead atoms. The molecule has 0 radical (unpaired) electrons. The summed E-state index contributed by atoms with van der Waals surface area (Å²) < 4.78 is 17.2. The molecular formula is C13H17NO2S. The number of ether oxygens (including phenoxy) is 1. The molecule has 1 aromatic rings. The average Bonchev–Trinajstić information content (AvgIpc) is 2.37. The van der Waals surface area contributed by atoms with Gasteiger partial charge >= 0.3 is 0 Å². The second-order valence-electron chi connectivity index (χ2n) is 3.88. The summed E-state index contributed by atoms with van der Waals surface area (Å²) in [5, 5.41) is 9.01. The predicted octanol–water partition coefficient (Wildman–Crippen LogP) is 2.61. The smallest absolute Gasteiger partial charge is 0.123 e. The molecule has 1 aromatic carbocycles. The topological polar surface area (TPSA) is 50.1 Å². The third kappa shape index (κ3) is 3.57. The lowest BCUT2D eigenvalue weighted by molar-refractivity contribution is 0.411. The van der Waals surface area contributed by atoms with Crippen LogP contribution < -0.4 is 4.74 Å². The Morgan fingerprint density at radius 1 is 1.53 bits per heavy atom. The quantitative estimate of drug-likeness (QED) is 0.808. The Morgan fingerprint density at radius 3 is 2.76 bits per heavy atom. The zero-order chi connectivity index (χ0) is 12.8. The first-order valence-electron chi connectivity index (χ1n) is 5.56. The zero-order valence-corrected chi connectivity index (χ0v) is 11.2. The lowest BCUT2D eigenvalue weighted by atomic mass is 10.1. The summed E-state index contributed by atoms with van der Waals surface area (Å²) in [7, 11) is 0.653. The van der Waals surface area contributed by atoms with Crippen LogP contribution in [-0.4, -0.2) is 16.6 Å². The predicted molar refractivity (Wildman–Crippen MR) is 69.3 cm³/mol. The Morgan fingerprint density at radius 2 is 2.24 bits per heavy atom. The summed E-state index contributed by atoms with van der Waals surface area (Å²) in [6.07, 6.45) is 0.882. The van der Waals surface area contributed by atoms with Gasteiger partial charge in [0.25, 0.3) is 0 Å². The summed E-state index contributed by atoms with van der Waals surface area (Å²) in [5.74, 6) is 1.13. The van der Waals surface area contributed by atoms with Gasteiger partial charge in [0.15, 0.2) is 0 Å². The zero-order valence-electron chi connectivity index (χ0n) is 10.4. The summed E-state index contributed by atoms with van der Waals surface area (Å²) in [6.45, 7) is 3.99. The summed E-state index contributed by atoms with van der Waals surface area (Å²) in [4.78, 5) is 0. The van der Waals surface area contributed by atoms with E-state index in [1.165, 1.54) is 0 Å². The summed E-state index contributed by atoms with van der Waals surface area (Å²) in [6, 6.07) is 7.28. The lowest BCUT2D eigenvalue weighted by Crippen LogP contribution is -2.11. The maximum Gasteiger partial charge on any atom is 0.123 e. The van der Waals surface area contributed by atoms with Crippen molar-refractivity contribution in [2.24, 2.45) is 0 Å². The average molecular weight is 251 g/mol. The van der Waals surface area contributed by atoms with E-state index in [0.29, 0.717) is 17.1 Å². The van der Waals surface area contributed by atoms with Gasteiger partial charge in [0, 0.05) is 21.6 Å². The van der Waals surface area contributed by atoms with Crippen molar-refractivity contribution < 1.29 is 8.95 Å². The summed E-state index contributed by atoms with van der Waals surface area (Å²) >= 11 is 0. The van der Waals surface area contributed by atoms with Crippen molar-refractivity contribution in [3.05, 3.63) is 29.3 Å². The van der Waals surface area contributed by atoms with Crippen molar-refractivity contribution in [2.45, 2.75) is 31.3 Å². The third-order valence-electron chi connectivity index (χ3n) is 2.73. The molecule has 0 amide bonds. The number of nitrogens with zero attached hydrogens (tertiary/aromatic N) is 1. The first-order valence-corrected chi connectivity index (χ1v) is 6.94. The van der Waals surface area contributed by atoms with Crippen LogP contribution in [0.25, 0.3) is 0 Å². The fraction of sp³-hybridized carbons (Fsp3) is 0.462. The van der Waals surface area contributed by atoms with Crippen LogP contribution in [0.1, 0.15) is 31.4 Å². The van der Waals surface area contributed by atoms with Crippen LogP contribution in [0.15, 0.2) is 18.2 Å². The molecule has 4 heteroatoms. The lowest BCUT2D eigenvalue weighted by Gasteiger charge is -2.11. The van der Waals surface area contributed by atoms with Crippen molar-refractivity contribution in [3.63, 3.8) is 0 Å². The minimum Gasteiger partial charge on any atom is -0.496 e. The van der Waals surface area contributed by atoms with Crippen LogP contribution in [0.3, 0.4) is 0 Å². The van der Waals surface area contributed by atoms with E-state index in [0.717, 1.165) is 12.0 Å². The molecule has 0 spiro atoms. The maximum absolute atomic E-state index is 12.0. The Bertz CT molecular complexity index is 451. The number of methoxy groups -OCH3 is 1. The van der Waals surface area contributed by atoms with Crippen LogP contribution in [-0.2, 0) is 16.6 Å². The monoisotopic (exact) mass is 251 g/mol. The molecule has 0 aliphatic carbocycles. The number of rotatable bonds is 5. The van der Waals surface area contributed by atoms with Gasteiger partial charge in [-0.25, -0.2) is 0 Å². The minimum absolute atomic E-state index is 0.158. The molecule has 2 atom stereocenters. The van der Waals surface area contributed by atoms with Crippen molar-refractivity contribution in [1.29, 1.82) is 5.26 Å². The van der Waals surface area contributed by atoms with Gasteiger partial charge < -0.3 is 4.74 Å². The second kappa shape index (κ2) is 6.41. The first-order chi connectivity index (χ1) is 8.12. The highest BCUT2D eigenvalue weighted by Gasteiger charge is 2.13. The van der Waals surface area contributed by atoms with E-state index in [9.17, 15) is 4.21 Å². The molecule has 0 heterocycles. The van der Waals surface area contributed by atoms with Crippen molar-refractivity contribution >= 4 is 10.8 Å². The van der Waals surface area contributed by atoms with Gasteiger partial charge in [0.2, 0.25) is 0 Å². The fourth-order valence-corrected chi connectivity index (χ4v) is 2.63. The van der Waals surface area contributed by atoms with E-state index in [-0.39, 0.29) is 5.25 Å². The van der Waals surface area contributed by atoms with Gasteiger partial charge in [0.1, 0.15) is 5.75 Å². The highest BCUT2D eigenvalue weighted by molar-refractivity contribution is 7.84. The van der Waals surface area contributed by atoms with Gasteiger partial charge in [-0.05, 0) is 24.6 Å². The highest BCUT2D eigenvalue weighted by Crippen LogP contribution is 2.22. The molecule has 0 aromatic heterocycles. The number of nitriles is 1. The van der Waals surface area contributed by atoms with Crippen molar-refractivity contribution in [2.75, 3.05) is 7.11 Å². The van der Waals surface area contributed by atoms with E-state index < -0.39 is 10.8 Å². The third-order valence-corrected chi connectivity index (χ3v) is 4.56. The normalized spacial score (nSPS) is 13.8. The van der Waals surface area contributed by atoms with Crippen LogP contribution in [0.5, 0.6) is 5.75 Å². The van der Waals surface area contributed by atoms with E-state index in [2.05, 4.69) is 6.07 Å². The standard InChI is InChI=1S/C13H17NO2S/c1-4-10(2)17(15)9-12-7-11(8-14)5-6-13(12)16-3/h5-7,10H,4,9H2,1-3H3. The molecule has 92 valence electrons. The van der Waals surface area contributed by atoms with Crippen LogP contribution in [0, 0.1) is 11.3 Å². The summed E-state index contributed by atoms with van der Waals surface area (Å²) in [5.41, 5.74) is 1.41. The van der Waals surface area contributed by atoms with Gasteiger partial charge in [-0.3, -0.25) is 4.21 Å². The van der Waals surface area contributed by atoms with E-state index in [1.54, 1.807) is 25.3 Å². The van der Waals surface area contributed by atoms with E-state index in [4.69, 9.17) is 10.00 Å². The Labute approximate surface area is 105 Å². The number of hydrogen-bond acceptors (Lipinski definition) is 3. The molecule has 0 fully saturated rings. The Balaban J connectivity index is 2.96. The molecule has 0 aliphatic rings. The van der Waals surface area contributed by atoms with E-state index in [1.807, 2.05) is 13.8 Å². The van der Waals surface area contributed by atoms with Gasteiger partial charge in [0.05, 0.1) is 24.5 Å². The van der Waals surface area contributed by atoms with Gasteiger partial charge in [-0.15, -0.1) is 0 Å². The van der Waals surface area contributed by atoms with Crippen LogP contribution in [0.4, 0.5) is 0 Å².